The molecule has 0 saturated carbocycles. The van der Waals surface area contributed by atoms with Gasteiger partial charge in [-0.3, -0.25) is 9.69 Å². The van der Waals surface area contributed by atoms with Gasteiger partial charge in [0.05, 0.1) is 12.0 Å². The smallest absolute Gasteiger partial charge is 0.231 e. The third-order valence-corrected chi connectivity index (χ3v) is 3.43. The van der Waals surface area contributed by atoms with E-state index < -0.39 is 0 Å². The van der Waals surface area contributed by atoms with Gasteiger partial charge in [-0.1, -0.05) is 44.2 Å². The second kappa shape index (κ2) is 9.62. The molecule has 0 unspecified atom stereocenters. The van der Waals surface area contributed by atoms with Crippen molar-refractivity contribution in [1.29, 1.82) is 0 Å². The first kappa shape index (κ1) is 19.7. The molecule has 4 nitrogen and oxygen atoms in total. The van der Waals surface area contributed by atoms with Gasteiger partial charge in [-0.15, -0.1) is 12.8 Å². The molecule has 1 amide bonds. The Morgan fingerprint density at radius 1 is 1.27 bits per heavy atom. The molecule has 1 heterocycles. The monoisotopic (exact) mass is 301 g/mol. The number of aliphatic imine (C=N–C) groups is 1. The lowest BCUT2D eigenvalue weighted by molar-refractivity contribution is -0.128. The molecule has 1 aliphatic heterocycles. The van der Waals surface area contributed by atoms with Gasteiger partial charge in [-0.2, -0.15) is 0 Å². The van der Waals surface area contributed by atoms with Crippen LogP contribution in [-0.4, -0.2) is 29.4 Å². The fourth-order valence-electron chi connectivity index (χ4n) is 2.17. The lowest BCUT2D eigenvalue weighted by Gasteiger charge is -2.33. The van der Waals surface area contributed by atoms with Crippen LogP contribution in [0.3, 0.4) is 0 Å². The number of amides is 1. The van der Waals surface area contributed by atoms with Crippen LogP contribution in [-0.2, 0) is 11.2 Å². The van der Waals surface area contributed by atoms with Crippen LogP contribution in [0.15, 0.2) is 35.3 Å². The molecule has 120 valence electrons. The Morgan fingerprint density at radius 2 is 1.82 bits per heavy atom. The molecule has 0 aliphatic carbocycles. The summed E-state index contributed by atoms with van der Waals surface area (Å²) in [7, 11) is 1.66. The first-order chi connectivity index (χ1) is 10.5. The van der Waals surface area contributed by atoms with Crippen LogP contribution in [0, 0.1) is 12.8 Å². The van der Waals surface area contributed by atoms with Crippen molar-refractivity contribution in [3.63, 3.8) is 0 Å². The summed E-state index contributed by atoms with van der Waals surface area (Å²) < 4.78 is 0. The van der Waals surface area contributed by atoms with Crippen molar-refractivity contribution in [1.82, 2.24) is 4.90 Å². The average molecular weight is 301 g/mol. The molecule has 2 rings (SSSR count). The molecule has 0 bridgehead atoms. The molecule has 0 radical (unpaired) electrons. The molecular weight excluding hydrogens is 274 g/mol. The van der Waals surface area contributed by atoms with Crippen LogP contribution in [0.4, 0.5) is 0 Å². The first-order valence-corrected chi connectivity index (χ1v) is 7.49. The molecule has 22 heavy (non-hydrogen) atoms. The van der Waals surface area contributed by atoms with Gasteiger partial charge in [0.1, 0.15) is 0 Å². The van der Waals surface area contributed by atoms with Crippen molar-refractivity contribution >= 4 is 11.9 Å². The predicted octanol–water partition coefficient (Wildman–Crippen LogP) is 2.83. The van der Waals surface area contributed by atoms with Crippen LogP contribution in [0.25, 0.3) is 0 Å². The summed E-state index contributed by atoms with van der Waals surface area (Å²) in [5, 5.41) is 0. The third kappa shape index (κ3) is 5.61. The van der Waals surface area contributed by atoms with Crippen LogP contribution in [0.1, 0.15) is 39.2 Å². The quantitative estimate of drug-likeness (QED) is 0.873. The molecule has 4 heteroatoms. The van der Waals surface area contributed by atoms with Crippen molar-refractivity contribution in [2.24, 2.45) is 10.7 Å². The number of hydrogen-bond acceptors (Lipinski definition) is 3. The van der Waals surface area contributed by atoms with Crippen molar-refractivity contribution in [2.45, 2.75) is 45.6 Å². The lowest BCUT2D eigenvalue weighted by Crippen LogP contribution is -2.48. The molecule has 1 aliphatic rings. The number of aryl methyl sites for hydroxylation is 1. The summed E-state index contributed by atoms with van der Waals surface area (Å²) in [6.45, 7) is 5.99. The molecule has 0 spiro atoms. The van der Waals surface area contributed by atoms with Gasteiger partial charge in [0.25, 0.3) is 0 Å². The van der Waals surface area contributed by atoms with E-state index in [-0.39, 0.29) is 11.4 Å². The van der Waals surface area contributed by atoms with E-state index in [1.54, 1.807) is 7.05 Å². The maximum Gasteiger partial charge on any atom is 0.231 e. The summed E-state index contributed by atoms with van der Waals surface area (Å²) in [4.78, 5) is 17.7. The Balaban J connectivity index is 0.00000102. The molecule has 2 N–H and O–H groups in total. The topological polar surface area (TPSA) is 58.7 Å². The molecule has 1 aromatic rings. The zero-order chi connectivity index (χ0) is 17.2. The van der Waals surface area contributed by atoms with E-state index in [0.29, 0.717) is 12.4 Å². The highest BCUT2D eigenvalue weighted by molar-refractivity contribution is 5.98. The van der Waals surface area contributed by atoms with E-state index >= 15 is 0 Å². The predicted molar refractivity (Wildman–Crippen MR) is 93.4 cm³/mol. The molecule has 0 fully saturated rings. The van der Waals surface area contributed by atoms with E-state index in [2.05, 4.69) is 30.0 Å². The molecular formula is C18H27N3O. The third-order valence-electron chi connectivity index (χ3n) is 3.43. The zero-order valence-electron chi connectivity index (χ0n) is 14.0. The maximum atomic E-state index is 11.8. The van der Waals surface area contributed by atoms with E-state index in [1.807, 2.05) is 39.0 Å². The minimum absolute atomic E-state index is 0.0399. The largest absolute Gasteiger partial charge is 0.369 e. The lowest BCUT2D eigenvalue weighted by atomic mass is 9.89. The van der Waals surface area contributed by atoms with Crippen molar-refractivity contribution < 1.29 is 4.79 Å². The number of rotatable bonds is 3. The van der Waals surface area contributed by atoms with E-state index in [9.17, 15) is 4.79 Å². The summed E-state index contributed by atoms with van der Waals surface area (Å²) in [5.74, 6) is 0.361. The van der Waals surface area contributed by atoms with E-state index in [0.717, 1.165) is 12.8 Å². The van der Waals surface area contributed by atoms with Crippen LogP contribution in [0.2, 0.25) is 0 Å². The normalized spacial score (nSPS) is 20.0. The molecule has 1 atom stereocenters. The Kier molecular flexibility index (Phi) is 8.62. The number of nitrogens with two attached hydrogens (primary N) is 1. The number of carbonyl (C=O) groups is 1. The van der Waals surface area contributed by atoms with Crippen molar-refractivity contribution in [3.05, 3.63) is 35.9 Å². The van der Waals surface area contributed by atoms with E-state index in [1.165, 1.54) is 10.5 Å². The fourth-order valence-corrected chi connectivity index (χ4v) is 2.17. The number of hydrogen-bond donors (Lipinski definition) is 1. The van der Waals surface area contributed by atoms with E-state index in [4.69, 9.17) is 5.73 Å². The van der Waals surface area contributed by atoms with Gasteiger partial charge in [0.15, 0.2) is 5.96 Å². The van der Waals surface area contributed by atoms with Gasteiger partial charge in [-0.25, -0.2) is 4.99 Å². The van der Waals surface area contributed by atoms with Gasteiger partial charge < -0.3 is 5.73 Å². The van der Waals surface area contributed by atoms with Gasteiger partial charge >= 0.3 is 0 Å². The highest BCUT2D eigenvalue weighted by atomic mass is 16.2. The van der Waals surface area contributed by atoms with Crippen LogP contribution >= 0.6 is 0 Å². The highest BCUT2D eigenvalue weighted by Gasteiger charge is 2.33. The average Bonchev–Trinajstić information content (AvgIpc) is 2.56. The Morgan fingerprint density at radius 3 is 2.32 bits per heavy atom. The first-order valence-electron chi connectivity index (χ1n) is 7.49. The van der Waals surface area contributed by atoms with Gasteiger partial charge in [-0.05, 0) is 25.3 Å². The SMILES string of the molecule is C#C.CC.CN1C(=O)C[C@](C)(CCc2ccccc2)N=C1N. The van der Waals surface area contributed by atoms with Gasteiger partial charge in [0.2, 0.25) is 5.91 Å². The second-order valence-corrected chi connectivity index (χ2v) is 5.08. The minimum Gasteiger partial charge on any atom is -0.369 e. The maximum absolute atomic E-state index is 11.8. The van der Waals surface area contributed by atoms with Crippen molar-refractivity contribution in [2.75, 3.05) is 7.05 Å². The number of carbonyl (C=O) groups excluding carboxylic acids is 1. The summed E-state index contributed by atoms with van der Waals surface area (Å²) in [5.41, 5.74) is 6.66. The Labute approximate surface area is 134 Å². The zero-order valence-corrected chi connectivity index (χ0v) is 14.0. The van der Waals surface area contributed by atoms with Crippen LogP contribution in [0.5, 0.6) is 0 Å². The Hall–Kier alpha value is -2.28. The summed E-state index contributed by atoms with van der Waals surface area (Å²) >= 11 is 0. The Bertz CT molecular complexity index is 508. The number of nitrogens with zero attached hydrogens (tertiary/aromatic N) is 2. The van der Waals surface area contributed by atoms with Crippen molar-refractivity contribution in [3.8, 4) is 12.8 Å². The summed E-state index contributed by atoms with van der Waals surface area (Å²) in [6, 6.07) is 10.2. The molecule has 1 aromatic carbocycles. The second-order valence-electron chi connectivity index (χ2n) is 5.08. The minimum atomic E-state index is -0.372. The molecule has 0 saturated heterocycles. The summed E-state index contributed by atoms with van der Waals surface area (Å²) in [6.07, 6.45) is 10.2. The van der Waals surface area contributed by atoms with Crippen LogP contribution < -0.4 is 5.73 Å². The number of terminal acetylenes is 1. The fraction of sp³-hybridized carbons (Fsp3) is 0.444. The van der Waals surface area contributed by atoms with Gasteiger partial charge in [0, 0.05) is 7.05 Å². The highest BCUT2D eigenvalue weighted by Crippen LogP contribution is 2.26. The molecule has 0 aromatic heterocycles. The standard InChI is InChI=1S/C14H19N3O.C2H6.C2H2/c1-14(9-8-11-6-4-3-5-7-11)10-12(18)17(2)13(15)16-14;2*1-2/h3-7H,8-10H2,1-2H3,(H2,15,16);1-2H3;1-2H/t14-;;/m0../s1. The number of guanidine groups is 1. The number of benzene rings is 1.